The highest BCUT2D eigenvalue weighted by Crippen LogP contribution is 2.29. The van der Waals surface area contributed by atoms with Gasteiger partial charge in [-0.2, -0.15) is 8.78 Å². The highest BCUT2D eigenvalue weighted by atomic mass is 32.1. The zero-order valence-electron chi connectivity index (χ0n) is 7.98. The first-order valence-electron chi connectivity index (χ1n) is 4.27. The number of hydrogen-bond acceptors (Lipinski definition) is 3. The lowest BCUT2D eigenvalue weighted by Gasteiger charge is -2.12. The molecule has 82 valence electrons. The number of alkyl halides is 2. The van der Waals surface area contributed by atoms with Crippen molar-refractivity contribution in [1.82, 2.24) is 0 Å². The maximum atomic E-state index is 12.0. The van der Waals surface area contributed by atoms with Crippen molar-refractivity contribution in [3.63, 3.8) is 0 Å². The molecule has 1 aromatic carbocycles. The van der Waals surface area contributed by atoms with Crippen molar-refractivity contribution in [2.24, 2.45) is 0 Å². The van der Waals surface area contributed by atoms with Gasteiger partial charge in [-0.05, 0) is 18.2 Å². The average Bonchev–Trinajstić information content (AvgIpc) is 2.19. The van der Waals surface area contributed by atoms with Crippen LogP contribution >= 0.6 is 12.6 Å². The number of aldehydes is 1. The van der Waals surface area contributed by atoms with E-state index >= 15 is 0 Å². The zero-order valence-corrected chi connectivity index (χ0v) is 8.88. The molecule has 0 radical (unpaired) electrons. The number of halogens is 2. The van der Waals surface area contributed by atoms with Gasteiger partial charge in [-0.1, -0.05) is 6.92 Å². The van der Waals surface area contributed by atoms with Gasteiger partial charge in [-0.3, -0.25) is 0 Å². The molecule has 0 spiro atoms. The fraction of sp³-hybridized carbons (Fsp3) is 0.300. The topological polar surface area (TPSA) is 26.3 Å². The molecule has 0 aromatic heterocycles. The normalized spacial score (nSPS) is 12.6. The van der Waals surface area contributed by atoms with Crippen molar-refractivity contribution in [3.8, 4) is 5.75 Å². The van der Waals surface area contributed by atoms with Gasteiger partial charge in [0, 0.05) is 16.4 Å². The molecule has 0 bridgehead atoms. The highest BCUT2D eigenvalue weighted by Gasteiger charge is 2.14. The van der Waals surface area contributed by atoms with Crippen LogP contribution in [0.1, 0.15) is 18.4 Å². The highest BCUT2D eigenvalue weighted by molar-refractivity contribution is 7.80. The monoisotopic (exact) mass is 232 g/mol. The van der Waals surface area contributed by atoms with Crippen molar-refractivity contribution >= 4 is 18.9 Å². The Morgan fingerprint density at radius 1 is 1.47 bits per heavy atom. The van der Waals surface area contributed by atoms with E-state index in [0.717, 1.165) is 0 Å². The van der Waals surface area contributed by atoms with Crippen LogP contribution in [0.15, 0.2) is 23.1 Å². The molecule has 15 heavy (non-hydrogen) atoms. The van der Waals surface area contributed by atoms with Crippen LogP contribution in [0.2, 0.25) is 0 Å². The molecule has 0 saturated carbocycles. The van der Waals surface area contributed by atoms with Crippen molar-refractivity contribution in [1.29, 1.82) is 0 Å². The van der Waals surface area contributed by atoms with E-state index < -0.39 is 12.5 Å². The third kappa shape index (κ3) is 3.20. The van der Waals surface area contributed by atoms with Crippen molar-refractivity contribution in [3.05, 3.63) is 23.8 Å². The number of carbonyl (C=O) groups excluding carboxylic acids is 1. The lowest BCUT2D eigenvalue weighted by molar-refractivity contribution is -0.108. The molecule has 1 rings (SSSR count). The molecule has 0 aliphatic heterocycles. The maximum Gasteiger partial charge on any atom is 0.387 e. The lowest BCUT2D eigenvalue weighted by atomic mass is 10.0. The molecule has 0 amide bonds. The summed E-state index contributed by atoms with van der Waals surface area (Å²) in [7, 11) is 0. The SMILES string of the molecule is CC(C=O)c1cc(S)ccc1OC(F)F. The second kappa shape index (κ2) is 5.11. The molecular weight excluding hydrogens is 222 g/mol. The molecule has 1 aromatic rings. The Balaban J connectivity index is 3.08. The van der Waals surface area contributed by atoms with E-state index in [1.54, 1.807) is 13.0 Å². The number of hydrogen-bond donors (Lipinski definition) is 1. The summed E-state index contributed by atoms with van der Waals surface area (Å²) in [6.45, 7) is -1.29. The van der Waals surface area contributed by atoms with Crippen LogP contribution in [0.3, 0.4) is 0 Å². The van der Waals surface area contributed by atoms with E-state index in [-0.39, 0.29) is 5.75 Å². The van der Waals surface area contributed by atoms with Crippen LogP contribution < -0.4 is 4.74 Å². The van der Waals surface area contributed by atoms with E-state index in [2.05, 4.69) is 17.4 Å². The van der Waals surface area contributed by atoms with Gasteiger partial charge in [-0.25, -0.2) is 0 Å². The van der Waals surface area contributed by atoms with E-state index in [0.29, 0.717) is 16.7 Å². The lowest BCUT2D eigenvalue weighted by Crippen LogP contribution is -2.06. The summed E-state index contributed by atoms with van der Waals surface area (Å²) in [6.07, 6.45) is 0.668. The van der Waals surface area contributed by atoms with Gasteiger partial charge in [0.1, 0.15) is 12.0 Å². The van der Waals surface area contributed by atoms with E-state index in [1.165, 1.54) is 12.1 Å². The Bertz CT molecular complexity index is 355. The Labute approximate surface area is 91.7 Å². The van der Waals surface area contributed by atoms with Crippen LogP contribution in [0.25, 0.3) is 0 Å². The molecule has 5 heteroatoms. The zero-order chi connectivity index (χ0) is 11.4. The van der Waals surface area contributed by atoms with Crippen LogP contribution in [0, 0.1) is 0 Å². The predicted molar refractivity (Wildman–Crippen MR) is 54.8 cm³/mol. The summed E-state index contributed by atoms with van der Waals surface area (Å²) in [4.78, 5) is 11.2. The summed E-state index contributed by atoms with van der Waals surface area (Å²) in [5.74, 6) is -0.478. The van der Waals surface area contributed by atoms with Crippen LogP contribution in [0.5, 0.6) is 5.75 Å². The van der Waals surface area contributed by atoms with Crippen LogP contribution in [0.4, 0.5) is 8.78 Å². The Kier molecular flexibility index (Phi) is 4.08. The maximum absolute atomic E-state index is 12.0. The van der Waals surface area contributed by atoms with Crippen molar-refractivity contribution in [2.45, 2.75) is 24.3 Å². The molecule has 1 unspecified atom stereocenters. The number of benzene rings is 1. The minimum Gasteiger partial charge on any atom is -0.435 e. The average molecular weight is 232 g/mol. The third-order valence-corrected chi connectivity index (χ3v) is 2.18. The molecule has 0 saturated heterocycles. The standard InChI is InChI=1S/C10H10F2O2S/c1-6(5-13)8-4-7(15)2-3-9(8)14-10(11)12/h2-6,10,15H,1H3. The summed E-state index contributed by atoms with van der Waals surface area (Å²) >= 11 is 4.07. The van der Waals surface area contributed by atoms with E-state index in [1.807, 2.05) is 0 Å². The van der Waals surface area contributed by atoms with Gasteiger partial charge in [0.15, 0.2) is 0 Å². The second-order valence-corrected chi connectivity index (χ2v) is 3.54. The fourth-order valence-corrected chi connectivity index (χ4v) is 1.38. The number of thiol groups is 1. The molecule has 0 aliphatic carbocycles. The van der Waals surface area contributed by atoms with Gasteiger partial charge in [0.05, 0.1) is 0 Å². The summed E-state index contributed by atoms with van der Waals surface area (Å²) in [6, 6.07) is 4.45. The smallest absolute Gasteiger partial charge is 0.387 e. The molecule has 1 atom stereocenters. The molecule has 0 heterocycles. The number of carbonyl (C=O) groups is 1. The fourth-order valence-electron chi connectivity index (χ4n) is 1.17. The van der Waals surface area contributed by atoms with Crippen molar-refractivity contribution in [2.75, 3.05) is 0 Å². The van der Waals surface area contributed by atoms with Crippen LogP contribution in [-0.4, -0.2) is 12.9 Å². The first-order valence-corrected chi connectivity index (χ1v) is 4.72. The molecule has 2 nitrogen and oxygen atoms in total. The first-order chi connectivity index (χ1) is 7.04. The third-order valence-electron chi connectivity index (χ3n) is 1.90. The Morgan fingerprint density at radius 2 is 2.13 bits per heavy atom. The largest absolute Gasteiger partial charge is 0.435 e. The molecule has 0 fully saturated rings. The molecule has 0 N–H and O–H groups in total. The predicted octanol–water partition coefficient (Wildman–Crippen LogP) is 2.88. The van der Waals surface area contributed by atoms with Gasteiger partial charge in [0.25, 0.3) is 0 Å². The summed E-state index contributed by atoms with van der Waals surface area (Å²) in [5, 5.41) is 0. The van der Waals surface area contributed by atoms with Gasteiger partial charge >= 0.3 is 6.61 Å². The molecular formula is C10H10F2O2S. The van der Waals surface area contributed by atoms with E-state index in [9.17, 15) is 13.6 Å². The van der Waals surface area contributed by atoms with Gasteiger partial charge < -0.3 is 9.53 Å². The van der Waals surface area contributed by atoms with Crippen LogP contribution in [-0.2, 0) is 4.79 Å². The minimum atomic E-state index is -2.90. The summed E-state index contributed by atoms with van der Waals surface area (Å²) < 4.78 is 28.4. The van der Waals surface area contributed by atoms with Gasteiger partial charge in [-0.15, -0.1) is 12.6 Å². The summed E-state index contributed by atoms with van der Waals surface area (Å²) in [5.41, 5.74) is 0.415. The second-order valence-electron chi connectivity index (χ2n) is 3.03. The number of ether oxygens (including phenoxy) is 1. The minimum absolute atomic E-state index is 0.0161. The Hall–Kier alpha value is -1.10. The van der Waals surface area contributed by atoms with Crippen molar-refractivity contribution < 1.29 is 18.3 Å². The Morgan fingerprint density at radius 3 is 2.67 bits per heavy atom. The number of rotatable bonds is 4. The quantitative estimate of drug-likeness (QED) is 0.638. The van der Waals surface area contributed by atoms with Gasteiger partial charge in [0.2, 0.25) is 0 Å². The molecule has 0 aliphatic rings. The first kappa shape index (κ1) is 12.0. The van der Waals surface area contributed by atoms with E-state index in [4.69, 9.17) is 0 Å².